The molecule has 0 saturated carbocycles. The minimum Gasteiger partial charge on any atom is -0.469 e. The van der Waals surface area contributed by atoms with Crippen LogP contribution in [0, 0.1) is 5.92 Å². The van der Waals surface area contributed by atoms with Crippen molar-refractivity contribution in [3.63, 3.8) is 0 Å². The molecular weight excluding hydrogens is 218 g/mol. The number of esters is 1. The number of carbonyl (C=O) groups excluding carboxylic acids is 1. The molecular formula is C12H25N3O2. The van der Waals surface area contributed by atoms with Gasteiger partial charge in [0.25, 0.3) is 0 Å². The first-order valence-electron chi connectivity index (χ1n) is 6.25. The van der Waals surface area contributed by atoms with E-state index in [9.17, 15) is 4.79 Å². The molecule has 1 unspecified atom stereocenters. The van der Waals surface area contributed by atoms with Gasteiger partial charge in [0, 0.05) is 13.1 Å². The molecule has 5 nitrogen and oxygen atoms in total. The Morgan fingerprint density at radius 2 is 2.06 bits per heavy atom. The van der Waals surface area contributed by atoms with Gasteiger partial charge in [0.2, 0.25) is 0 Å². The van der Waals surface area contributed by atoms with Crippen LogP contribution in [0.3, 0.4) is 0 Å². The lowest BCUT2D eigenvalue weighted by molar-refractivity contribution is -0.144. The highest BCUT2D eigenvalue weighted by Gasteiger charge is 2.12. The normalized spacial score (nSPS) is 13.1. The largest absolute Gasteiger partial charge is 0.469 e. The molecule has 0 aliphatic heterocycles. The molecule has 5 heteroatoms. The van der Waals surface area contributed by atoms with Crippen molar-refractivity contribution in [2.24, 2.45) is 10.9 Å². The van der Waals surface area contributed by atoms with Gasteiger partial charge < -0.3 is 15.4 Å². The Labute approximate surface area is 104 Å². The van der Waals surface area contributed by atoms with Crippen LogP contribution in [-0.2, 0) is 9.53 Å². The molecule has 2 N–H and O–H groups in total. The number of hydrogen-bond acceptors (Lipinski definition) is 3. The molecule has 0 aromatic carbocycles. The van der Waals surface area contributed by atoms with Crippen LogP contribution < -0.4 is 10.6 Å². The fourth-order valence-corrected chi connectivity index (χ4v) is 1.23. The molecule has 0 radical (unpaired) electrons. The number of guanidine groups is 1. The van der Waals surface area contributed by atoms with Crippen LogP contribution in [0.4, 0.5) is 0 Å². The number of rotatable bonds is 7. The van der Waals surface area contributed by atoms with E-state index in [0.717, 1.165) is 31.9 Å². The lowest BCUT2D eigenvalue weighted by Crippen LogP contribution is -2.38. The van der Waals surface area contributed by atoms with E-state index in [1.54, 1.807) is 0 Å². The van der Waals surface area contributed by atoms with Gasteiger partial charge in [-0.3, -0.25) is 9.79 Å². The number of ether oxygens (including phenoxy) is 1. The van der Waals surface area contributed by atoms with Crippen LogP contribution in [0.1, 0.15) is 33.6 Å². The second-order valence-electron chi connectivity index (χ2n) is 3.92. The first-order valence-corrected chi connectivity index (χ1v) is 6.25. The zero-order valence-corrected chi connectivity index (χ0v) is 11.4. The number of carbonyl (C=O) groups is 1. The highest BCUT2D eigenvalue weighted by molar-refractivity contribution is 5.80. The number of methoxy groups -OCH3 is 1. The summed E-state index contributed by atoms with van der Waals surface area (Å²) in [5, 5.41) is 6.36. The van der Waals surface area contributed by atoms with Crippen molar-refractivity contribution in [2.45, 2.75) is 33.6 Å². The van der Waals surface area contributed by atoms with Gasteiger partial charge in [-0.25, -0.2) is 0 Å². The lowest BCUT2D eigenvalue weighted by atomic mass is 10.2. The Kier molecular flexibility index (Phi) is 9.19. The van der Waals surface area contributed by atoms with Crippen molar-refractivity contribution in [1.82, 2.24) is 10.6 Å². The molecule has 100 valence electrons. The van der Waals surface area contributed by atoms with E-state index in [0.29, 0.717) is 6.54 Å². The molecule has 0 aromatic heterocycles. The van der Waals surface area contributed by atoms with Crippen molar-refractivity contribution in [3.8, 4) is 0 Å². The summed E-state index contributed by atoms with van der Waals surface area (Å²) in [5.74, 6) is 0.330. The maximum absolute atomic E-state index is 11.2. The highest BCUT2D eigenvalue weighted by atomic mass is 16.5. The smallest absolute Gasteiger partial charge is 0.310 e. The quantitative estimate of drug-likeness (QED) is 0.305. The van der Waals surface area contributed by atoms with E-state index < -0.39 is 0 Å². The summed E-state index contributed by atoms with van der Waals surface area (Å²) in [6, 6.07) is 0. The van der Waals surface area contributed by atoms with Crippen molar-refractivity contribution in [3.05, 3.63) is 0 Å². The van der Waals surface area contributed by atoms with Crippen LogP contribution in [0.5, 0.6) is 0 Å². The molecule has 1 atom stereocenters. The highest BCUT2D eigenvalue weighted by Crippen LogP contribution is 1.97. The van der Waals surface area contributed by atoms with Gasteiger partial charge >= 0.3 is 5.97 Å². The van der Waals surface area contributed by atoms with Crippen LogP contribution >= 0.6 is 0 Å². The van der Waals surface area contributed by atoms with E-state index in [1.165, 1.54) is 7.11 Å². The fraction of sp³-hybridized carbons (Fsp3) is 0.833. The minimum absolute atomic E-state index is 0.207. The third-order valence-electron chi connectivity index (χ3n) is 2.29. The third kappa shape index (κ3) is 7.60. The van der Waals surface area contributed by atoms with Crippen molar-refractivity contribution in [2.75, 3.05) is 26.7 Å². The fourth-order valence-electron chi connectivity index (χ4n) is 1.23. The second-order valence-corrected chi connectivity index (χ2v) is 3.92. The second kappa shape index (κ2) is 9.93. The average Bonchev–Trinajstić information content (AvgIpc) is 2.34. The van der Waals surface area contributed by atoms with Gasteiger partial charge in [0.05, 0.1) is 19.6 Å². The Morgan fingerprint density at radius 3 is 2.59 bits per heavy atom. The molecule has 0 aliphatic carbocycles. The number of hydrogen-bond donors (Lipinski definition) is 2. The van der Waals surface area contributed by atoms with Gasteiger partial charge in [-0.15, -0.1) is 0 Å². The Bertz CT molecular complexity index is 242. The molecule has 0 rings (SSSR count). The summed E-state index contributed by atoms with van der Waals surface area (Å²) in [4.78, 5) is 15.6. The van der Waals surface area contributed by atoms with Gasteiger partial charge in [-0.1, -0.05) is 20.3 Å². The van der Waals surface area contributed by atoms with E-state index in [-0.39, 0.29) is 11.9 Å². The Balaban J connectivity index is 4.13. The summed E-state index contributed by atoms with van der Waals surface area (Å²) in [7, 11) is 1.40. The monoisotopic (exact) mass is 243 g/mol. The standard InChI is InChI=1S/C12H25N3O2/c1-5-7-8-14-12(13-6-2)15-9-10(3)11(16)17-4/h10H,5-9H2,1-4H3,(H2,13,14,15). The average molecular weight is 243 g/mol. The number of unbranched alkanes of at least 4 members (excludes halogenated alkanes) is 1. The van der Waals surface area contributed by atoms with Crippen LogP contribution in [0.15, 0.2) is 4.99 Å². The van der Waals surface area contributed by atoms with E-state index in [1.807, 2.05) is 13.8 Å². The van der Waals surface area contributed by atoms with Crippen LogP contribution in [0.25, 0.3) is 0 Å². The summed E-state index contributed by atoms with van der Waals surface area (Å²) >= 11 is 0. The first kappa shape index (κ1) is 15.7. The molecule has 0 amide bonds. The molecule has 0 aromatic rings. The molecule has 0 saturated heterocycles. The molecule has 0 heterocycles. The molecule has 17 heavy (non-hydrogen) atoms. The lowest BCUT2D eigenvalue weighted by Gasteiger charge is -2.12. The Hall–Kier alpha value is -1.26. The Morgan fingerprint density at radius 1 is 1.35 bits per heavy atom. The molecule has 0 bridgehead atoms. The van der Waals surface area contributed by atoms with Crippen molar-refractivity contribution in [1.29, 1.82) is 0 Å². The maximum atomic E-state index is 11.2. The summed E-state index contributed by atoms with van der Waals surface area (Å²) in [6.07, 6.45) is 2.25. The SMILES string of the molecule is CCCCNC(=NCC(C)C(=O)OC)NCC. The van der Waals surface area contributed by atoms with E-state index >= 15 is 0 Å². The van der Waals surface area contributed by atoms with E-state index in [4.69, 9.17) is 0 Å². The first-order chi connectivity index (χ1) is 8.15. The van der Waals surface area contributed by atoms with Crippen molar-refractivity contribution >= 4 is 11.9 Å². The molecule has 0 aliphatic rings. The summed E-state index contributed by atoms with van der Waals surface area (Å²) in [5.41, 5.74) is 0. The minimum atomic E-state index is -0.224. The number of nitrogens with one attached hydrogen (secondary N) is 2. The van der Waals surface area contributed by atoms with Gasteiger partial charge in [0.1, 0.15) is 0 Å². The van der Waals surface area contributed by atoms with E-state index in [2.05, 4.69) is 27.3 Å². The van der Waals surface area contributed by atoms with Gasteiger partial charge in [-0.2, -0.15) is 0 Å². The van der Waals surface area contributed by atoms with Crippen LogP contribution in [-0.4, -0.2) is 38.7 Å². The number of aliphatic imine (C=N–C) groups is 1. The third-order valence-corrected chi connectivity index (χ3v) is 2.29. The predicted octanol–water partition coefficient (Wildman–Crippen LogP) is 1.15. The zero-order chi connectivity index (χ0) is 13.1. The van der Waals surface area contributed by atoms with Crippen LogP contribution in [0.2, 0.25) is 0 Å². The predicted molar refractivity (Wildman–Crippen MR) is 70.1 cm³/mol. The topological polar surface area (TPSA) is 62.7 Å². The maximum Gasteiger partial charge on any atom is 0.310 e. The van der Waals surface area contributed by atoms with Gasteiger partial charge in [-0.05, 0) is 13.3 Å². The summed E-state index contributed by atoms with van der Waals surface area (Å²) < 4.78 is 4.65. The van der Waals surface area contributed by atoms with Crippen molar-refractivity contribution < 1.29 is 9.53 Å². The molecule has 0 spiro atoms. The molecule has 0 fully saturated rings. The zero-order valence-electron chi connectivity index (χ0n) is 11.4. The number of nitrogens with zero attached hydrogens (tertiary/aromatic N) is 1. The summed E-state index contributed by atoms with van der Waals surface area (Å²) in [6.45, 7) is 8.12. The van der Waals surface area contributed by atoms with Gasteiger partial charge in [0.15, 0.2) is 5.96 Å².